The van der Waals surface area contributed by atoms with Crippen LogP contribution in [0.25, 0.3) is 0 Å². The minimum Gasteiger partial charge on any atom is -0.395 e. The van der Waals surface area contributed by atoms with Crippen LogP contribution in [0.3, 0.4) is 0 Å². The van der Waals surface area contributed by atoms with Crippen LogP contribution in [0.1, 0.15) is 21.6 Å². The van der Waals surface area contributed by atoms with Gasteiger partial charge in [0.25, 0.3) is 0 Å². The third kappa shape index (κ3) is 2.91. The minimum absolute atomic E-state index is 0.249. The number of thiophene rings is 1. The Bertz CT molecular complexity index is 797. The van der Waals surface area contributed by atoms with Crippen molar-refractivity contribution < 1.29 is 25.2 Å². The first-order valence-electron chi connectivity index (χ1n) is 8.27. The number of thioether (sulfide) groups is 1. The quantitative estimate of drug-likeness (QED) is 0.613. The van der Waals surface area contributed by atoms with Crippen LogP contribution in [0, 0.1) is 0 Å². The van der Waals surface area contributed by atoms with Crippen molar-refractivity contribution in [1.29, 1.82) is 0 Å². The molecular formula is C18H19ClO5S2. The highest BCUT2D eigenvalue weighted by Crippen LogP contribution is 2.54. The largest absolute Gasteiger partial charge is 0.395 e. The van der Waals surface area contributed by atoms with Gasteiger partial charge in [-0.15, -0.1) is 23.1 Å². The maximum Gasteiger partial charge on any atom is 0.168 e. The fourth-order valence-electron chi connectivity index (χ4n) is 3.59. The van der Waals surface area contributed by atoms with Gasteiger partial charge in [0, 0.05) is 21.9 Å². The molecule has 1 aromatic carbocycles. The van der Waals surface area contributed by atoms with Gasteiger partial charge in [-0.2, -0.15) is 0 Å². The molecule has 0 aliphatic carbocycles. The molecule has 5 atom stereocenters. The van der Waals surface area contributed by atoms with E-state index < -0.39 is 28.5 Å². The van der Waals surface area contributed by atoms with Gasteiger partial charge < -0.3 is 25.2 Å². The van der Waals surface area contributed by atoms with Gasteiger partial charge >= 0.3 is 0 Å². The number of halogens is 1. The summed E-state index contributed by atoms with van der Waals surface area (Å²) in [5, 5.41) is 42.7. The van der Waals surface area contributed by atoms with E-state index in [1.54, 1.807) is 11.3 Å². The molecule has 1 fully saturated rings. The van der Waals surface area contributed by atoms with E-state index in [0.29, 0.717) is 11.4 Å². The number of rotatable bonds is 3. The van der Waals surface area contributed by atoms with Crippen LogP contribution in [0.15, 0.2) is 29.6 Å². The van der Waals surface area contributed by atoms with Crippen LogP contribution in [-0.2, 0) is 22.7 Å². The SMILES string of the molecule is OC[C@H]1S[C@]2(OCc3cc(Cl)c(Cc4cccs4)cc32)[C@H](O)[C@@H](O)[C@@H]1O. The molecule has 2 aliphatic rings. The molecule has 0 saturated carbocycles. The highest BCUT2D eigenvalue weighted by molar-refractivity contribution is 8.00. The molecule has 3 heterocycles. The lowest BCUT2D eigenvalue weighted by atomic mass is 9.91. The second-order valence-electron chi connectivity index (χ2n) is 6.58. The van der Waals surface area contributed by atoms with E-state index in [1.807, 2.05) is 29.6 Å². The lowest BCUT2D eigenvalue weighted by molar-refractivity contribution is -0.147. The number of aliphatic hydroxyl groups excluding tert-OH is 4. The summed E-state index contributed by atoms with van der Waals surface area (Å²) in [6.45, 7) is -0.0783. The summed E-state index contributed by atoms with van der Waals surface area (Å²) < 4.78 is 5.93. The summed E-state index contributed by atoms with van der Waals surface area (Å²) in [4.78, 5) is -0.0590. The van der Waals surface area contributed by atoms with Gasteiger partial charge in [-0.1, -0.05) is 17.7 Å². The van der Waals surface area contributed by atoms with E-state index in [-0.39, 0.29) is 13.2 Å². The zero-order chi connectivity index (χ0) is 18.5. The first kappa shape index (κ1) is 18.7. The van der Waals surface area contributed by atoms with E-state index >= 15 is 0 Å². The fraction of sp³-hybridized carbons (Fsp3) is 0.444. The predicted molar refractivity (Wildman–Crippen MR) is 102 cm³/mol. The molecule has 26 heavy (non-hydrogen) atoms. The first-order valence-corrected chi connectivity index (χ1v) is 10.4. The van der Waals surface area contributed by atoms with E-state index in [4.69, 9.17) is 16.3 Å². The highest BCUT2D eigenvalue weighted by atomic mass is 35.5. The van der Waals surface area contributed by atoms with Crippen LogP contribution in [0.2, 0.25) is 5.02 Å². The van der Waals surface area contributed by atoms with Crippen LogP contribution < -0.4 is 0 Å². The van der Waals surface area contributed by atoms with Crippen LogP contribution in [-0.4, -0.2) is 50.6 Å². The average molecular weight is 415 g/mol. The third-order valence-corrected chi connectivity index (χ3v) is 7.87. The van der Waals surface area contributed by atoms with Gasteiger partial charge in [0.15, 0.2) is 4.93 Å². The maximum absolute atomic E-state index is 10.7. The summed E-state index contributed by atoms with van der Waals surface area (Å²) in [6.07, 6.45) is -3.29. The molecule has 2 aliphatic heterocycles. The van der Waals surface area contributed by atoms with Crippen molar-refractivity contribution in [1.82, 2.24) is 0 Å². The number of hydrogen-bond acceptors (Lipinski definition) is 7. The molecule has 1 saturated heterocycles. The summed E-state index contributed by atoms with van der Waals surface area (Å²) in [7, 11) is 0. The zero-order valence-corrected chi connectivity index (χ0v) is 16.1. The molecule has 0 unspecified atom stereocenters. The van der Waals surface area contributed by atoms with E-state index in [9.17, 15) is 20.4 Å². The molecule has 4 rings (SSSR count). The van der Waals surface area contributed by atoms with Crippen molar-refractivity contribution in [3.8, 4) is 0 Å². The summed E-state index contributed by atoms with van der Waals surface area (Å²) in [5.41, 5.74) is 2.50. The molecule has 0 bridgehead atoms. The Labute approximate surface area is 164 Å². The maximum atomic E-state index is 10.7. The Hall–Kier alpha value is -0.640. The molecule has 0 radical (unpaired) electrons. The Morgan fingerprint density at radius 2 is 2.04 bits per heavy atom. The number of aliphatic hydroxyl groups is 4. The lowest BCUT2D eigenvalue weighted by Crippen LogP contribution is -2.58. The van der Waals surface area contributed by atoms with E-state index in [0.717, 1.165) is 28.5 Å². The topological polar surface area (TPSA) is 90.2 Å². The minimum atomic E-state index is -1.41. The molecule has 1 spiro atoms. The number of hydrogen-bond donors (Lipinski definition) is 4. The molecule has 8 heteroatoms. The van der Waals surface area contributed by atoms with Gasteiger partial charge in [-0.3, -0.25) is 0 Å². The second kappa shape index (κ2) is 7.07. The summed E-state index contributed by atoms with van der Waals surface area (Å²) in [6, 6.07) is 7.77. The zero-order valence-electron chi connectivity index (χ0n) is 13.7. The Morgan fingerprint density at radius 1 is 1.23 bits per heavy atom. The van der Waals surface area contributed by atoms with Crippen molar-refractivity contribution in [2.45, 2.75) is 41.5 Å². The smallest absolute Gasteiger partial charge is 0.168 e. The van der Waals surface area contributed by atoms with Gasteiger partial charge in [0.05, 0.1) is 24.6 Å². The van der Waals surface area contributed by atoms with E-state index in [2.05, 4.69) is 0 Å². The van der Waals surface area contributed by atoms with Crippen molar-refractivity contribution in [2.24, 2.45) is 0 Å². The van der Waals surface area contributed by atoms with Crippen LogP contribution in [0.4, 0.5) is 0 Å². The number of fused-ring (bicyclic) bond motifs is 2. The van der Waals surface area contributed by atoms with Gasteiger partial charge in [-0.25, -0.2) is 0 Å². The van der Waals surface area contributed by atoms with E-state index in [1.165, 1.54) is 4.88 Å². The van der Waals surface area contributed by atoms with Crippen LogP contribution >= 0.6 is 34.7 Å². The standard InChI is InChI=1S/C18H19ClO5S2/c19-13-6-10-8-24-18(17(23)16(22)15(21)14(7-20)26-18)12(10)5-9(13)4-11-2-1-3-25-11/h1-3,5-6,14-17,20-23H,4,7-8H2/t14-,15-,16+,17-,18+/m1/s1. The molecule has 5 nitrogen and oxygen atoms in total. The second-order valence-corrected chi connectivity index (χ2v) is 9.47. The summed E-state index contributed by atoms with van der Waals surface area (Å²) in [5.74, 6) is 0. The summed E-state index contributed by atoms with van der Waals surface area (Å²) >= 11 is 9.24. The number of benzene rings is 1. The average Bonchev–Trinajstić information content (AvgIpc) is 3.26. The Balaban J connectivity index is 1.76. The third-order valence-electron chi connectivity index (χ3n) is 4.98. The van der Waals surface area contributed by atoms with Gasteiger partial charge in [0.1, 0.15) is 12.2 Å². The lowest BCUT2D eigenvalue weighted by Gasteiger charge is -2.45. The molecule has 140 valence electrons. The van der Waals surface area contributed by atoms with Gasteiger partial charge in [0.2, 0.25) is 0 Å². The molecule has 0 amide bonds. The Kier molecular flexibility index (Phi) is 5.09. The monoisotopic (exact) mass is 414 g/mol. The van der Waals surface area contributed by atoms with Crippen molar-refractivity contribution in [2.75, 3.05) is 6.61 Å². The molecule has 4 N–H and O–H groups in total. The van der Waals surface area contributed by atoms with Crippen molar-refractivity contribution in [3.05, 3.63) is 56.2 Å². The fourth-order valence-corrected chi connectivity index (χ4v) is 6.11. The molecular weight excluding hydrogens is 396 g/mol. The van der Waals surface area contributed by atoms with Gasteiger partial charge in [-0.05, 0) is 34.7 Å². The first-order chi connectivity index (χ1) is 12.5. The van der Waals surface area contributed by atoms with Crippen LogP contribution in [0.5, 0.6) is 0 Å². The van der Waals surface area contributed by atoms with Crippen molar-refractivity contribution in [3.63, 3.8) is 0 Å². The predicted octanol–water partition coefficient (Wildman–Crippen LogP) is 1.87. The molecule has 1 aromatic heterocycles. The highest BCUT2D eigenvalue weighted by Gasteiger charge is 2.57. The number of ether oxygens (including phenoxy) is 1. The normalized spacial score (nSPS) is 33.6. The van der Waals surface area contributed by atoms with Crippen molar-refractivity contribution >= 4 is 34.7 Å². The Morgan fingerprint density at radius 3 is 2.73 bits per heavy atom. The molecule has 2 aromatic rings.